The fourth-order valence-corrected chi connectivity index (χ4v) is 5.11. The molecule has 0 unspecified atom stereocenters. The van der Waals surface area contributed by atoms with Crippen molar-refractivity contribution in [2.45, 2.75) is 19.0 Å². The zero-order valence-corrected chi connectivity index (χ0v) is 16.4. The molecule has 29 heavy (non-hydrogen) atoms. The summed E-state index contributed by atoms with van der Waals surface area (Å²) in [7, 11) is 1.42. The second-order valence-electron chi connectivity index (χ2n) is 7.56. The van der Waals surface area contributed by atoms with E-state index in [9.17, 15) is 22.8 Å². The van der Waals surface area contributed by atoms with Gasteiger partial charge in [0.15, 0.2) is 0 Å². The average Bonchev–Trinajstić information content (AvgIpc) is 3.07. The van der Waals surface area contributed by atoms with E-state index in [1.807, 2.05) is 0 Å². The first kappa shape index (κ1) is 19.7. The number of aromatic nitrogens is 1. The van der Waals surface area contributed by atoms with Crippen LogP contribution < -0.4 is 10.2 Å². The maximum Gasteiger partial charge on any atom is 0.417 e. The third-order valence-corrected chi connectivity index (χ3v) is 6.76. The molecule has 2 saturated heterocycles. The van der Waals surface area contributed by atoms with Gasteiger partial charge in [0.2, 0.25) is 0 Å². The minimum Gasteiger partial charge on any atom is -0.465 e. The van der Waals surface area contributed by atoms with Crippen LogP contribution in [0.5, 0.6) is 0 Å². The summed E-state index contributed by atoms with van der Waals surface area (Å²) in [6.45, 7) is 1.90. The number of fused-ring (bicyclic) bond motifs is 1. The highest BCUT2D eigenvalue weighted by Crippen LogP contribution is 2.43. The maximum atomic E-state index is 13.7. The van der Waals surface area contributed by atoms with Crippen molar-refractivity contribution in [3.8, 4) is 0 Å². The van der Waals surface area contributed by atoms with Crippen molar-refractivity contribution in [1.29, 1.82) is 0 Å². The van der Waals surface area contributed by atoms with E-state index in [0.29, 0.717) is 39.0 Å². The molecule has 2 N–H and O–H groups in total. The highest BCUT2D eigenvalue weighted by Gasteiger charge is 2.47. The molecule has 2 aliphatic heterocycles. The second-order valence-corrected chi connectivity index (χ2v) is 8.44. The normalized spacial score (nSPS) is 18.8. The number of hydrogen-bond donors (Lipinski definition) is 2. The van der Waals surface area contributed by atoms with Crippen LogP contribution >= 0.6 is 11.3 Å². The Morgan fingerprint density at radius 3 is 2.48 bits per heavy atom. The van der Waals surface area contributed by atoms with E-state index in [1.165, 1.54) is 17.3 Å². The molecule has 0 aromatic carbocycles. The summed E-state index contributed by atoms with van der Waals surface area (Å²) in [5.74, 6) is -0.285. The molecular weight excluding hydrogens is 409 g/mol. The van der Waals surface area contributed by atoms with Gasteiger partial charge in [-0.15, -0.1) is 11.3 Å². The number of thiophene rings is 1. The van der Waals surface area contributed by atoms with Crippen LogP contribution in [0, 0.1) is 5.41 Å². The first-order chi connectivity index (χ1) is 13.6. The SMILES string of the molecule is CNC(=O)c1csc2c(C(F)(F)F)cc(N3CCC4(CC3)CN(C(=O)O)C4)nc12. The van der Waals surface area contributed by atoms with Crippen LogP contribution in [0.25, 0.3) is 10.2 Å². The van der Waals surface area contributed by atoms with Gasteiger partial charge in [-0.3, -0.25) is 4.79 Å². The van der Waals surface area contributed by atoms with E-state index in [4.69, 9.17) is 5.11 Å². The number of amides is 2. The lowest BCUT2D eigenvalue weighted by Crippen LogP contribution is -2.61. The van der Waals surface area contributed by atoms with Crippen molar-refractivity contribution >= 4 is 39.4 Å². The number of nitrogens with one attached hydrogen (secondary N) is 1. The number of alkyl halides is 3. The first-order valence-corrected chi connectivity index (χ1v) is 9.96. The predicted octanol–water partition coefficient (Wildman–Crippen LogP) is 3.25. The lowest BCUT2D eigenvalue weighted by atomic mass is 9.72. The summed E-state index contributed by atoms with van der Waals surface area (Å²) in [5, 5.41) is 12.9. The van der Waals surface area contributed by atoms with Gasteiger partial charge in [-0.1, -0.05) is 0 Å². The number of carboxylic acid groups (broad SMARTS) is 1. The number of piperidine rings is 1. The molecule has 11 heteroatoms. The zero-order chi connectivity index (χ0) is 21.0. The van der Waals surface area contributed by atoms with Crippen LogP contribution in [0.4, 0.5) is 23.8 Å². The smallest absolute Gasteiger partial charge is 0.417 e. The number of rotatable bonds is 2. The molecule has 0 saturated carbocycles. The van der Waals surface area contributed by atoms with Gasteiger partial charge in [0.25, 0.3) is 5.91 Å². The minimum absolute atomic E-state index is 0.0515. The Balaban J connectivity index is 1.64. The second kappa shape index (κ2) is 6.75. The zero-order valence-electron chi connectivity index (χ0n) is 15.5. The molecule has 2 aromatic rings. The van der Waals surface area contributed by atoms with E-state index < -0.39 is 23.7 Å². The largest absolute Gasteiger partial charge is 0.465 e. The van der Waals surface area contributed by atoms with Crippen LogP contribution in [0.3, 0.4) is 0 Å². The highest BCUT2D eigenvalue weighted by atomic mass is 32.1. The number of carbonyl (C=O) groups excluding carboxylic acids is 1. The van der Waals surface area contributed by atoms with Crippen molar-refractivity contribution in [2.75, 3.05) is 38.1 Å². The number of likely N-dealkylation sites (tertiary alicyclic amines) is 1. The lowest BCUT2D eigenvalue weighted by Gasteiger charge is -2.53. The summed E-state index contributed by atoms with van der Waals surface area (Å²) in [6.07, 6.45) is -4.14. The number of anilines is 1. The monoisotopic (exact) mass is 428 g/mol. The van der Waals surface area contributed by atoms with Crippen LogP contribution in [0.2, 0.25) is 0 Å². The Labute approximate surface area is 168 Å². The van der Waals surface area contributed by atoms with Crippen LogP contribution in [0.15, 0.2) is 11.4 Å². The van der Waals surface area contributed by atoms with Gasteiger partial charge in [0, 0.05) is 44.0 Å². The molecule has 2 fully saturated rings. The molecule has 2 aromatic heterocycles. The molecule has 0 aliphatic carbocycles. The fourth-order valence-electron chi connectivity index (χ4n) is 4.09. The van der Waals surface area contributed by atoms with Gasteiger partial charge >= 0.3 is 12.3 Å². The summed E-state index contributed by atoms with van der Waals surface area (Å²) < 4.78 is 40.9. The Kier molecular flexibility index (Phi) is 4.60. The van der Waals surface area contributed by atoms with E-state index in [0.717, 1.165) is 17.4 Å². The van der Waals surface area contributed by atoms with E-state index in [2.05, 4.69) is 10.3 Å². The molecule has 4 rings (SSSR count). The van der Waals surface area contributed by atoms with E-state index >= 15 is 0 Å². The number of carbonyl (C=O) groups is 2. The van der Waals surface area contributed by atoms with Gasteiger partial charge < -0.3 is 20.2 Å². The first-order valence-electron chi connectivity index (χ1n) is 9.08. The molecule has 0 radical (unpaired) electrons. The molecule has 4 heterocycles. The molecule has 1 spiro atoms. The van der Waals surface area contributed by atoms with Gasteiger partial charge in [-0.2, -0.15) is 13.2 Å². The van der Waals surface area contributed by atoms with Crippen molar-refractivity contribution < 1.29 is 27.9 Å². The Hall–Kier alpha value is -2.56. The molecule has 0 atom stereocenters. The number of halogens is 3. The van der Waals surface area contributed by atoms with E-state index in [-0.39, 0.29) is 27.0 Å². The summed E-state index contributed by atoms with van der Waals surface area (Å²) >= 11 is 0.859. The van der Waals surface area contributed by atoms with Crippen LogP contribution in [0.1, 0.15) is 28.8 Å². The molecule has 2 aliphatic rings. The summed E-state index contributed by atoms with van der Waals surface area (Å²) in [6, 6.07) is 1.05. The van der Waals surface area contributed by atoms with Gasteiger partial charge in [0.05, 0.1) is 21.3 Å². The number of hydrogen-bond acceptors (Lipinski definition) is 5. The highest BCUT2D eigenvalue weighted by molar-refractivity contribution is 7.17. The minimum atomic E-state index is -4.56. The number of pyridine rings is 1. The Morgan fingerprint density at radius 2 is 1.93 bits per heavy atom. The summed E-state index contributed by atoms with van der Waals surface area (Å²) in [5.41, 5.74) is -0.704. The van der Waals surface area contributed by atoms with Crippen molar-refractivity contribution in [3.63, 3.8) is 0 Å². The molecule has 156 valence electrons. The topological polar surface area (TPSA) is 85.8 Å². The van der Waals surface area contributed by atoms with Crippen LogP contribution in [-0.2, 0) is 6.18 Å². The standard InChI is InChI=1S/C18H19F3N4O3S/c1-22-15(26)10-7-29-14-11(18(19,20)21)6-12(23-13(10)14)24-4-2-17(3-5-24)8-25(9-17)16(27)28/h6-7H,2-5,8-9H2,1H3,(H,22,26)(H,27,28). The van der Waals surface area contributed by atoms with Gasteiger partial charge in [0.1, 0.15) is 5.82 Å². The third-order valence-electron chi connectivity index (χ3n) is 5.76. The van der Waals surface area contributed by atoms with E-state index in [1.54, 1.807) is 4.90 Å². The fraction of sp³-hybridized carbons (Fsp3) is 0.500. The van der Waals surface area contributed by atoms with Crippen molar-refractivity contribution in [2.24, 2.45) is 5.41 Å². The summed E-state index contributed by atoms with van der Waals surface area (Å²) in [4.78, 5) is 30.6. The lowest BCUT2D eigenvalue weighted by molar-refractivity contribution is -0.136. The average molecular weight is 428 g/mol. The van der Waals surface area contributed by atoms with Crippen LogP contribution in [-0.4, -0.2) is 60.2 Å². The molecule has 0 bridgehead atoms. The Morgan fingerprint density at radius 1 is 1.28 bits per heavy atom. The number of nitrogens with zero attached hydrogens (tertiary/aromatic N) is 3. The third kappa shape index (κ3) is 3.37. The molecular formula is C18H19F3N4O3S. The quantitative estimate of drug-likeness (QED) is 0.767. The van der Waals surface area contributed by atoms with Gasteiger partial charge in [-0.25, -0.2) is 9.78 Å². The van der Waals surface area contributed by atoms with Gasteiger partial charge in [-0.05, 0) is 18.9 Å². The predicted molar refractivity (Wildman–Crippen MR) is 101 cm³/mol. The van der Waals surface area contributed by atoms with Crippen molar-refractivity contribution in [3.05, 3.63) is 22.6 Å². The Bertz CT molecular complexity index is 975. The molecule has 7 nitrogen and oxygen atoms in total. The maximum absolute atomic E-state index is 13.7. The van der Waals surface area contributed by atoms with Crippen molar-refractivity contribution in [1.82, 2.24) is 15.2 Å². The molecule has 2 amide bonds.